The summed E-state index contributed by atoms with van der Waals surface area (Å²) in [6, 6.07) is 8.82. The maximum absolute atomic E-state index is 4.39. The fourth-order valence-corrected chi connectivity index (χ4v) is 1.84. The highest BCUT2D eigenvalue weighted by atomic mass is 15.1. The first kappa shape index (κ1) is 12.1. The summed E-state index contributed by atoms with van der Waals surface area (Å²) >= 11 is 0. The van der Waals surface area contributed by atoms with E-state index in [2.05, 4.69) is 53.8 Å². The molecule has 1 atom stereocenters. The molecule has 2 rings (SSSR count). The van der Waals surface area contributed by atoms with Gasteiger partial charge in [-0.3, -0.25) is 0 Å². The number of hydrogen-bond acceptors (Lipinski definition) is 2. The first-order valence-corrected chi connectivity index (χ1v) is 6.31. The molecule has 0 bridgehead atoms. The van der Waals surface area contributed by atoms with Gasteiger partial charge in [0.25, 0.3) is 0 Å². The van der Waals surface area contributed by atoms with E-state index < -0.39 is 0 Å². The average molecular weight is 231 g/mol. The molecule has 1 unspecified atom stereocenters. The lowest BCUT2D eigenvalue weighted by Crippen LogP contribution is -2.33. The number of fused-ring (bicyclic) bond motifs is 1. The topological polar surface area (TPSA) is 29.9 Å². The van der Waals surface area contributed by atoms with Gasteiger partial charge in [0.1, 0.15) is 0 Å². The minimum absolute atomic E-state index is 0.560. The molecule has 0 fully saturated rings. The molecule has 0 aliphatic rings. The molecule has 2 aromatic rings. The number of nitrogens with zero attached hydrogens (tertiary/aromatic N) is 2. The van der Waals surface area contributed by atoms with Crippen LogP contribution in [-0.4, -0.2) is 22.1 Å². The SMILES string of the molecule is CC(C)C(C)NCCn1cnc2ccccc21. The molecular weight excluding hydrogens is 210 g/mol. The summed E-state index contributed by atoms with van der Waals surface area (Å²) < 4.78 is 2.20. The normalized spacial score (nSPS) is 13.4. The molecule has 1 heterocycles. The van der Waals surface area contributed by atoms with Crippen molar-refractivity contribution >= 4 is 11.0 Å². The van der Waals surface area contributed by atoms with E-state index in [1.807, 2.05) is 12.4 Å². The van der Waals surface area contributed by atoms with E-state index in [4.69, 9.17) is 0 Å². The van der Waals surface area contributed by atoms with Crippen molar-refractivity contribution in [1.82, 2.24) is 14.9 Å². The van der Waals surface area contributed by atoms with Gasteiger partial charge in [0.05, 0.1) is 17.4 Å². The predicted molar refractivity (Wildman–Crippen MR) is 72.0 cm³/mol. The first-order chi connectivity index (χ1) is 8.18. The van der Waals surface area contributed by atoms with Crippen LogP contribution in [0.25, 0.3) is 11.0 Å². The van der Waals surface area contributed by atoms with Crippen LogP contribution in [0, 0.1) is 5.92 Å². The third kappa shape index (κ3) is 2.86. The van der Waals surface area contributed by atoms with Gasteiger partial charge in [-0.25, -0.2) is 4.98 Å². The second-order valence-electron chi connectivity index (χ2n) is 4.91. The summed E-state index contributed by atoms with van der Waals surface area (Å²) in [4.78, 5) is 4.39. The van der Waals surface area contributed by atoms with Gasteiger partial charge >= 0.3 is 0 Å². The maximum Gasteiger partial charge on any atom is 0.0958 e. The fourth-order valence-electron chi connectivity index (χ4n) is 1.84. The highest BCUT2D eigenvalue weighted by Gasteiger charge is 2.06. The van der Waals surface area contributed by atoms with Crippen molar-refractivity contribution in [2.75, 3.05) is 6.54 Å². The summed E-state index contributed by atoms with van der Waals surface area (Å²) in [7, 11) is 0. The summed E-state index contributed by atoms with van der Waals surface area (Å²) in [6.45, 7) is 8.67. The van der Waals surface area contributed by atoms with Gasteiger partial charge in [-0.05, 0) is 25.0 Å². The summed E-state index contributed by atoms with van der Waals surface area (Å²) in [6.07, 6.45) is 1.92. The Morgan fingerprint density at radius 3 is 2.76 bits per heavy atom. The average Bonchev–Trinajstić information content (AvgIpc) is 2.72. The quantitative estimate of drug-likeness (QED) is 0.857. The molecule has 0 saturated carbocycles. The van der Waals surface area contributed by atoms with E-state index in [1.165, 1.54) is 5.52 Å². The summed E-state index contributed by atoms with van der Waals surface area (Å²) in [5, 5.41) is 3.54. The van der Waals surface area contributed by atoms with Crippen LogP contribution in [0.1, 0.15) is 20.8 Å². The van der Waals surface area contributed by atoms with Crippen LogP contribution in [0.15, 0.2) is 30.6 Å². The van der Waals surface area contributed by atoms with Gasteiger partial charge < -0.3 is 9.88 Å². The van der Waals surface area contributed by atoms with Crippen LogP contribution in [-0.2, 0) is 6.54 Å². The monoisotopic (exact) mass is 231 g/mol. The lowest BCUT2D eigenvalue weighted by Gasteiger charge is -2.17. The molecule has 1 aromatic heterocycles. The molecule has 1 aromatic carbocycles. The number of rotatable bonds is 5. The Hall–Kier alpha value is -1.35. The molecule has 0 aliphatic carbocycles. The molecule has 92 valence electrons. The van der Waals surface area contributed by atoms with E-state index in [0.29, 0.717) is 12.0 Å². The van der Waals surface area contributed by atoms with E-state index in [1.54, 1.807) is 0 Å². The van der Waals surface area contributed by atoms with Crippen LogP contribution < -0.4 is 5.32 Å². The number of benzene rings is 1. The Morgan fingerprint density at radius 1 is 1.24 bits per heavy atom. The number of hydrogen-bond donors (Lipinski definition) is 1. The first-order valence-electron chi connectivity index (χ1n) is 6.31. The van der Waals surface area contributed by atoms with E-state index in [0.717, 1.165) is 18.6 Å². The van der Waals surface area contributed by atoms with Crippen molar-refractivity contribution in [1.29, 1.82) is 0 Å². The third-order valence-corrected chi connectivity index (χ3v) is 3.35. The molecule has 0 radical (unpaired) electrons. The number of para-hydroxylation sites is 2. The number of imidazole rings is 1. The minimum Gasteiger partial charge on any atom is -0.329 e. The molecule has 0 spiro atoms. The fraction of sp³-hybridized carbons (Fsp3) is 0.500. The van der Waals surface area contributed by atoms with Crippen LogP contribution in [0.5, 0.6) is 0 Å². The molecule has 0 saturated heterocycles. The minimum atomic E-state index is 0.560. The predicted octanol–water partition coefficient (Wildman–Crippen LogP) is 2.67. The number of nitrogens with one attached hydrogen (secondary N) is 1. The Kier molecular flexibility index (Phi) is 3.79. The highest BCUT2D eigenvalue weighted by molar-refractivity contribution is 5.74. The van der Waals surface area contributed by atoms with Crippen LogP contribution in [0.4, 0.5) is 0 Å². The van der Waals surface area contributed by atoms with Gasteiger partial charge in [0.15, 0.2) is 0 Å². The van der Waals surface area contributed by atoms with Crippen molar-refractivity contribution in [3.63, 3.8) is 0 Å². The zero-order valence-corrected chi connectivity index (χ0v) is 10.9. The van der Waals surface area contributed by atoms with Gasteiger partial charge in [-0.1, -0.05) is 26.0 Å². The Labute approximate surface area is 103 Å². The van der Waals surface area contributed by atoms with E-state index in [-0.39, 0.29) is 0 Å². The van der Waals surface area contributed by atoms with Crippen molar-refractivity contribution in [2.24, 2.45) is 5.92 Å². The molecular formula is C14H21N3. The van der Waals surface area contributed by atoms with Crippen molar-refractivity contribution in [2.45, 2.75) is 33.4 Å². The van der Waals surface area contributed by atoms with Gasteiger partial charge in [0, 0.05) is 19.1 Å². The van der Waals surface area contributed by atoms with Crippen LogP contribution >= 0.6 is 0 Å². The molecule has 0 amide bonds. The van der Waals surface area contributed by atoms with Crippen molar-refractivity contribution < 1.29 is 0 Å². The number of aromatic nitrogens is 2. The highest BCUT2D eigenvalue weighted by Crippen LogP contribution is 2.11. The largest absolute Gasteiger partial charge is 0.329 e. The summed E-state index contributed by atoms with van der Waals surface area (Å²) in [5.41, 5.74) is 2.29. The molecule has 17 heavy (non-hydrogen) atoms. The van der Waals surface area contributed by atoms with Crippen LogP contribution in [0.3, 0.4) is 0 Å². The zero-order chi connectivity index (χ0) is 12.3. The smallest absolute Gasteiger partial charge is 0.0958 e. The Morgan fingerprint density at radius 2 is 2.00 bits per heavy atom. The van der Waals surface area contributed by atoms with Gasteiger partial charge in [-0.2, -0.15) is 0 Å². The molecule has 3 nitrogen and oxygen atoms in total. The zero-order valence-electron chi connectivity index (χ0n) is 10.9. The lowest BCUT2D eigenvalue weighted by atomic mass is 10.1. The van der Waals surface area contributed by atoms with Crippen LogP contribution in [0.2, 0.25) is 0 Å². The van der Waals surface area contributed by atoms with Gasteiger partial charge in [-0.15, -0.1) is 0 Å². The Balaban J connectivity index is 1.95. The second-order valence-corrected chi connectivity index (χ2v) is 4.91. The molecule has 3 heteroatoms. The van der Waals surface area contributed by atoms with Crippen molar-refractivity contribution in [3.8, 4) is 0 Å². The Bertz CT molecular complexity index is 473. The molecule has 0 aliphatic heterocycles. The summed E-state index contributed by atoms with van der Waals surface area (Å²) in [5.74, 6) is 0.675. The van der Waals surface area contributed by atoms with Gasteiger partial charge in [0.2, 0.25) is 0 Å². The standard InChI is InChI=1S/C14H21N3/c1-11(2)12(3)15-8-9-17-10-16-13-6-4-5-7-14(13)17/h4-7,10-12,15H,8-9H2,1-3H3. The van der Waals surface area contributed by atoms with Crippen molar-refractivity contribution in [3.05, 3.63) is 30.6 Å². The van der Waals surface area contributed by atoms with E-state index >= 15 is 0 Å². The molecule has 1 N–H and O–H groups in total. The second kappa shape index (κ2) is 5.32. The third-order valence-electron chi connectivity index (χ3n) is 3.35. The van der Waals surface area contributed by atoms with E-state index in [9.17, 15) is 0 Å². The lowest BCUT2D eigenvalue weighted by molar-refractivity contribution is 0.418. The maximum atomic E-state index is 4.39.